The highest BCUT2D eigenvalue weighted by Gasteiger charge is 2.09. The average Bonchev–Trinajstić information content (AvgIpc) is 2.63. The number of nitrogens with zero attached hydrogens (tertiary/aromatic N) is 2. The molecule has 0 aromatic heterocycles. The SMILES string of the molecule is CC1=NN(CCc2ccccc2)CC1. The summed E-state index contributed by atoms with van der Waals surface area (Å²) in [6, 6.07) is 10.6. The van der Waals surface area contributed by atoms with Crippen LogP contribution in [0.4, 0.5) is 0 Å². The molecule has 0 bridgehead atoms. The van der Waals surface area contributed by atoms with Crippen molar-refractivity contribution in [3.63, 3.8) is 0 Å². The van der Waals surface area contributed by atoms with E-state index in [1.165, 1.54) is 11.3 Å². The summed E-state index contributed by atoms with van der Waals surface area (Å²) in [5.41, 5.74) is 2.66. The highest BCUT2D eigenvalue weighted by molar-refractivity contribution is 5.82. The molecule has 0 saturated carbocycles. The molecule has 0 radical (unpaired) electrons. The summed E-state index contributed by atoms with van der Waals surface area (Å²) < 4.78 is 0. The molecule has 2 rings (SSSR count). The first kappa shape index (κ1) is 9.25. The first-order valence-corrected chi connectivity index (χ1v) is 5.17. The molecule has 1 aromatic carbocycles. The molecule has 0 spiro atoms. The summed E-state index contributed by atoms with van der Waals surface area (Å²) in [5.74, 6) is 0. The van der Waals surface area contributed by atoms with Crippen molar-refractivity contribution in [2.45, 2.75) is 19.8 Å². The molecule has 2 heteroatoms. The number of benzene rings is 1. The second-order valence-electron chi connectivity index (χ2n) is 3.77. The molecule has 2 nitrogen and oxygen atoms in total. The Morgan fingerprint density at radius 3 is 2.71 bits per heavy atom. The number of hydrogen-bond donors (Lipinski definition) is 0. The van der Waals surface area contributed by atoms with Crippen molar-refractivity contribution in [2.24, 2.45) is 5.10 Å². The fourth-order valence-corrected chi connectivity index (χ4v) is 1.70. The van der Waals surface area contributed by atoms with E-state index in [0.29, 0.717) is 0 Å². The van der Waals surface area contributed by atoms with Crippen LogP contribution in [0, 0.1) is 0 Å². The minimum Gasteiger partial charge on any atom is -0.296 e. The molecule has 1 aliphatic rings. The second kappa shape index (κ2) is 4.27. The lowest BCUT2D eigenvalue weighted by molar-refractivity contribution is 0.322. The Morgan fingerprint density at radius 1 is 1.29 bits per heavy atom. The number of hydrazone groups is 1. The second-order valence-corrected chi connectivity index (χ2v) is 3.77. The zero-order chi connectivity index (χ0) is 9.80. The van der Waals surface area contributed by atoms with Gasteiger partial charge in [0.25, 0.3) is 0 Å². The van der Waals surface area contributed by atoms with Crippen LogP contribution < -0.4 is 0 Å². The van der Waals surface area contributed by atoms with Gasteiger partial charge in [0.2, 0.25) is 0 Å². The minimum atomic E-state index is 1.04. The molecule has 0 amide bonds. The Bertz CT molecular complexity index is 316. The van der Waals surface area contributed by atoms with Crippen molar-refractivity contribution in [2.75, 3.05) is 13.1 Å². The van der Waals surface area contributed by atoms with Crippen LogP contribution in [-0.4, -0.2) is 23.8 Å². The maximum absolute atomic E-state index is 4.45. The Kier molecular flexibility index (Phi) is 2.82. The Labute approximate surface area is 85.2 Å². The number of hydrogen-bond acceptors (Lipinski definition) is 2. The van der Waals surface area contributed by atoms with Gasteiger partial charge in [-0.3, -0.25) is 5.01 Å². The van der Waals surface area contributed by atoms with E-state index in [4.69, 9.17) is 0 Å². The fraction of sp³-hybridized carbons (Fsp3) is 0.417. The van der Waals surface area contributed by atoms with E-state index in [2.05, 4.69) is 47.4 Å². The van der Waals surface area contributed by atoms with Crippen LogP contribution in [-0.2, 0) is 6.42 Å². The molecule has 0 saturated heterocycles. The molecular formula is C12H16N2. The Balaban J connectivity index is 1.84. The molecule has 0 unspecified atom stereocenters. The Morgan fingerprint density at radius 2 is 2.07 bits per heavy atom. The quantitative estimate of drug-likeness (QED) is 0.710. The topological polar surface area (TPSA) is 15.6 Å². The lowest BCUT2D eigenvalue weighted by Gasteiger charge is -2.12. The third-order valence-corrected chi connectivity index (χ3v) is 2.55. The lowest BCUT2D eigenvalue weighted by Crippen LogP contribution is -2.17. The van der Waals surface area contributed by atoms with Crippen molar-refractivity contribution in [3.8, 4) is 0 Å². The fourth-order valence-electron chi connectivity index (χ4n) is 1.70. The van der Waals surface area contributed by atoms with Gasteiger partial charge in [0.1, 0.15) is 0 Å². The van der Waals surface area contributed by atoms with Crippen LogP contribution in [0.1, 0.15) is 18.9 Å². The third kappa shape index (κ3) is 2.34. The van der Waals surface area contributed by atoms with Gasteiger partial charge in [-0.2, -0.15) is 5.10 Å². The molecule has 1 aromatic rings. The minimum absolute atomic E-state index is 1.04. The van der Waals surface area contributed by atoms with Crippen molar-refractivity contribution in [3.05, 3.63) is 35.9 Å². The highest BCUT2D eigenvalue weighted by Crippen LogP contribution is 2.07. The first-order chi connectivity index (χ1) is 6.84. The van der Waals surface area contributed by atoms with Crippen LogP contribution in [0.25, 0.3) is 0 Å². The van der Waals surface area contributed by atoms with E-state index < -0.39 is 0 Å². The normalized spacial score (nSPS) is 15.8. The van der Waals surface area contributed by atoms with Gasteiger partial charge in [0, 0.05) is 25.2 Å². The first-order valence-electron chi connectivity index (χ1n) is 5.17. The van der Waals surface area contributed by atoms with E-state index in [1.807, 2.05) is 0 Å². The van der Waals surface area contributed by atoms with Crippen LogP contribution in [0.2, 0.25) is 0 Å². The zero-order valence-corrected chi connectivity index (χ0v) is 8.61. The van der Waals surface area contributed by atoms with E-state index in [0.717, 1.165) is 25.9 Å². The van der Waals surface area contributed by atoms with Gasteiger partial charge < -0.3 is 0 Å². The van der Waals surface area contributed by atoms with E-state index >= 15 is 0 Å². The Hall–Kier alpha value is -1.31. The van der Waals surface area contributed by atoms with Gasteiger partial charge in [-0.15, -0.1) is 0 Å². The summed E-state index contributed by atoms with van der Waals surface area (Å²) in [6.07, 6.45) is 2.23. The van der Waals surface area contributed by atoms with Crippen molar-refractivity contribution in [1.82, 2.24) is 5.01 Å². The molecule has 0 atom stereocenters. The molecule has 74 valence electrons. The van der Waals surface area contributed by atoms with Gasteiger partial charge in [0.15, 0.2) is 0 Å². The highest BCUT2D eigenvalue weighted by atomic mass is 15.5. The molecule has 1 heterocycles. The molecular weight excluding hydrogens is 172 g/mol. The standard InChI is InChI=1S/C12H16N2/c1-11-7-9-14(13-11)10-8-12-5-3-2-4-6-12/h2-6H,7-10H2,1H3. The average molecular weight is 188 g/mol. The van der Waals surface area contributed by atoms with Gasteiger partial charge >= 0.3 is 0 Å². The molecule has 0 fully saturated rings. The van der Waals surface area contributed by atoms with Gasteiger partial charge in [-0.1, -0.05) is 30.3 Å². The summed E-state index contributed by atoms with van der Waals surface area (Å²) in [7, 11) is 0. The van der Waals surface area contributed by atoms with Gasteiger partial charge in [-0.05, 0) is 18.9 Å². The largest absolute Gasteiger partial charge is 0.296 e. The predicted octanol–water partition coefficient (Wildman–Crippen LogP) is 2.31. The summed E-state index contributed by atoms with van der Waals surface area (Å²) >= 11 is 0. The monoisotopic (exact) mass is 188 g/mol. The van der Waals surface area contributed by atoms with E-state index in [9.17, 15) is 0 Å². The maximum Gasteiger partial charge on any atom is 0.0413 e. The molecule has 14 heavy (non-hydrogen) atoms. The van der Waals surface area contributed by atoms with Gasteiger partial charge in [0.05, 0.1) is 0 Å². The summed E-state index contributed by atoms with van der Waals surface area (Å²) in [6.45, 7) is 4.24. The van der Waals surface area contributed by atoms with Gasteiger partial charge in [-0.25, -0.2) is 0 Å². The van der Waals surface area contributed by atoms with Crippen LogP contribution >= 0.6 is 0 Å². The molecule has 0 aliphatic carbocycles. The third-order valence-electron chi connectivity index (χ3n) is 2.55. The zero-order valence-electron chi connectivity index (χ0n) is 8.61. The lowest BCUT2D eigenvalue weighted by atomic mass is 10.1. The molecule has 0 N–H and O–H groups in total. The predicted molar refractivity (Wildman–Crippen MR) is 59.4 cm³/mol. The van der Waals surface area contributed by atoms with Crippen molar-refractivity contribution >= 4 is 5.71 Å². The van der Waals surface area contributed by atoms with Crippen LogP contribution in [0.15, 0.2) is 35.4 Å². The maximum atomic E-state index is 4.45. The van der Waals surface area contributed by atoms with Crippen LogP contribution in [0.3, 0.4) is 0 Å². The van der Waals surface area contributed by atoms with Crippen molar-refractivity contribution < 1.29 is 0 Å². The summed E-state index contributed by atoms with van der Waals surface area (Å²) in [4.78, 5) is 0. The van der Waals surface area contributed by atoms with E-state index in [1.54, 1.807) is 0 Å². The van der Waals surface area contributed by atoms with E-state index in [-0.39, 0.29) is 0 Å². The summed E-state index contributed by atoms with van der Waals surface area (Å²) in [5, 5.41) is 6.62. The number of rotatable bonds is 3. The van der Waals surface area contributed by atoms with Crippen LogP contribution in [0.5, 0.6) is 0 Å². The smallest absolute Gasteiger partial charge is 0.0413 e. The molecule has 1 aliphatic heterocycles. The van der Waals surface area contributed by atoms with Crippen molar-refractivity contribution in [1.29, 1.82) is 0 Å².